The average molecular weight is 314 g/mol. The molecule has 2 nitrogen and oxygen atoms in total. The first-order chi connectivity index (χ1) is 7.82. The van der Waals surface area contributed by atoms with Crippen molar-refractivity contribution in [3.63, 3.8) is 0 Å². The van der Waals surface area contributed by atoms with Crippen LogP contribution in [0.1, 0.15) is 13.8 Å². The Balaban J connectivity index is 3.01. The van der Waals surface area contributed by atoms with Crippen LogP contribution in [0.3, 0.4) is 0 Å². The zero-order valence-electron chi connectivity index (χ0n) is 9.21. The summed E-state index contributed by atoms with van der Waals surface area (Å²) in [7, 11) is 0. The molecule has 0 aromatic heterocycles. The van der Waals surface area contributed by atoms with E-state index in [1.54, 1.807) is 6.07 Å². The average Bonchev–Trinajstić information content (AvgIpc) is 2.20. The number of halogens is 3. The van der Waals surface area contributed by atoms with Crippen molar-refractivity contribution in [2.24, 2.45) is 5.92 Å². The minimum absolute atomic E-state index is 0.0111. The molecule has 1 atom stereocenters. The summed E-state index contributed by atoms with van der Waals surface area (Å²) in [4.78, 5) is 11.7. The minimum atomic E-state index is -0.868. The van der Waals surface area contributed by atoms with E-state index in [4.69, 9.17) is 39.9 Å². The third-order valence-corrected chi connectivity index (χ3v) is 4.82. The maximum atomic E-state index is 11.1. The molecule has 0 bridgehead atoms. The third-order valence-electron chi connectivity index (χ3n) is 2.08. The molecule has 0 aliphatic carbocycles. The Morgan fingerprint density at radius 2 is 1.71 bits per heavy atom. The lowest BCUT2D eigenvalue weighted by Gasteiger charge is -2.16. The number of thioether (sulfide) groups is 1. The Bertz CT molecular complexity index is 435. The Morgan fingerprint density at radius 3 is 2.18 bits per heavy atom. The fraction of sp³-hybridized carbons (Fsp3) is 0.364. The van der Waals surface area contributed by atoms with E-state index in [1.165, 1.54) is 17.8 Å². The molecule has 0 radical (unpaired) electrons. The van der Waals surface area contributed by atoms with Gasteiger partial charge in [0.05, 0.1) is 15.1 Å². The number of rotatable bonds is 4. The van der Waals surface area contributed by atoms with Crippen molar-refractivity contribution in [1.82, 2.24) is 0 Å². The van der Waals surface area contributed by atoms with Crippen molar-refractivity contribution in [2.75, 3.05) is 0 Å². The summed E-state index contributed by atoms with van der Waals surface area (Å²) < 4.78 is 0. The molecule has 0 saturated heterocycles. The van der Waals surface area contributed by atoms with Gasteiger partial charge in [-0.1, -0.05) is 48.7 Å². The molecular formula is C11H11Cl3O2S. The van der Waals surface area contributed by atoms with E-state index in [1.807, 2.05) is 13.8 Å². The quantitative estimate of drug-likeness (QED) is 0.638. The molecule has 1 rings (SSSR count). The summed E-state index contributed by atoms with van der Waals surface area (Å²) >= 11 is 18.9. The summed E-state index contributed by atoms with van der Waals surface area (Å²) in [6, 6.07) is 3.11. The van der Waals surface area contributed by atoms with E-state index in [-0.39, 0.29) is 5.92 Å². The summed E-state index contributed by atoms with van der Waals surface area (Å²) in [6.07, 6.45) is 0. The second-order valence-electron chi connectivity index (χ2n) is 3.82. The number of carboxylic acid groups (broad SMARTS) is 1. The smallest absolute Gasteiger partial charge is 0.317 e. The number of carboxylic acids is 1. The predicted molar refractivity (Wildman–Crippen MR) is 73.6 cm³/mol. The molecule has 0 spiro atoms. The van der Waals surface area contributed by atoms with Crippen LogP contribution < -0.4 is 0 Å². The van der Waals surface area contributed by atoms with Gasteiger partial charge in [-0.2, -0.15) is 0 Å². The van der Waals surface area contributed by atoms with Crippen molar-refractivity contribution in [3.8, 4) is 0 Å². The van der Waals surface area contributed by atoms with Gasteiger partial charge in [0.2, 0.25) is 0 Å². The first-order valence-corrected chi connectivity index (χ1v) is 6.88. The highest BCUT2D eigenvalue weighted by atomic mass is 35.5. The van der Waals surface area contributed by atoms with Gasteiger partial charge in [-0.15, -0.1) is 11.8 Å². The summed E-state index contributed by atoms with van der Waals surface area (Å²) in [6.45, 7) is 3.69. The number of aliphatic carboxylic acids is 1. The number of carbonyl (C=O) groups is 1. The highest BCUT2D eigenvalue weighted by molar-refractivity contribution is 8.00. The van der Waals surface area contributed by atoms with E-state index in [0.29, 0.717) is 20.0 Å². The van der Waals surface area contributed by atoms with Gasteiger partial charge in [0, 0.05) is 4.90 Å². The van der Waals surface area contributed by atoms with Gasteiger partial charge in [0.1, 0.15) is 5.25 Å². The van der Waals surface area contributed by atoms with E-state index in [0.717, 1.165) is 0 Å². The van der Waals surface area contributed by atoms with Gasteiger partial charge in [0.15, 0.2) is 0 Å². The van der Waals surface area contributed by atoms with Crippen LogP contribution in [-0.2, 0) is 4.79 Å². The molecular weight excluding hydrogens is 303 g/mol. The molecule has 0 fully saturated rings. The molecule has 0 heterocycles. The van der Waals surface area contributed by atoms with Crippen LogP contribution in [0.4, 0.5) is 0 Å². The fourth-order valence-electron chi connectivity index (χ4n) is 1.20. The standard InChI is InChI=1S/C11H11Cl3O2S/c1-5(2)10(11(15)16)17-9-4-7(13)6(12)3-8(9)14/h3-5,10H,1-2H3,(H,15,16)/t10-/m0/s1. The molecule has 17 heavy (non-hydrogen) atoms. The molecule has 0 aliphatic rings. The second kappa shape index (κ2) is 6.19. The maximum absolute atomic E-state index is 11.1. The molecule has 0 unspecified atom stereocenters. The first-order valence-electron chi connectivity index (χ1n) is 4.87. The Morgan fingerprint density at radius 1 is 1.18 bits per heavy atom. The summed E-state index contributed by atoms with van der Waals surface area (Å²) in [5, 5.41) is 9.67. The van der Waals surface area contributed by atoms with Gasteiger partial charge in [0.25, 0.3) is 0 Å². The Hall–Kier alpha value is -0.0900. The van der Waals surface area contributed by atoms with Gasteiger partial charge in [-0.25, -0.2) is 0 Å². The van der Waals surface area contributed by atoms with Gasteiger partial charge in [-0.05, 0) is 18.1 Å². The van der Waals surface area contributed by atoms with Gasteiger partial charge >= 0.3 is 5.97 Å². The van der Waals surface area contributed by atoms with Crippen molar-refractivity contribution in [3.05, 3.63) is 27.2 Å². The number of hydrogen-bond donors (Lipinski definition) is 1. The lowest BCUT2D eigenvalue weighted by Crippen LogP contribution is -2.22. The lowest BCUT2D eigenvalue weighted by atomic mass is 10.1. The van der Waals surface area contributed by atoms with E-state index in [2.05, 4.69) is 0 Å². The molecule has 1 aromatic rings. The lowest BCUT2D eigenvalue weighted by molar-refractivity contribution is -0.137. The maximum Gasteiger partial charge on any atom is 0.317 e. The third kappa shape index (κ3) is 3.95. The Labute approximate surface area is 119 Å². The first kappa shape index (κ1) is 15.0. The number of hydrogen-bond acceptors (Lipinski definition) is 2. The minimum Gasteiger partial charge on any atom is -0.480 e. The van der Waals surface area contributed by atoms with E-state index in [9.17, 15) is 4.79 Å². The van der Waals surface area contributed by atoms with Crippen LogP contribution in [0.5, 0.6) is 0 Å². The molecule has 0 saturated carbocycles. The van der Waals surface area contributed by atoms with Crippen LogP contribution >= 0.6 is 46.6 Å². The van der Waals surface area contributed by atoms with E-state index >= 15 is 0 Å². The van der Waals surface area contributed by atoms with Crippen molar-refractivity contribution in [2.45, 2.75) is 24.0 Å². The molecule has 94 valence electrons. The molecule has 1 N–H and O–H groups in total. The second-order valence-corrected chi connectivity index (χ2v) is 6.22. The molecule has 1 aromatic carbocycles. The van der Waals surface area contributed by atoms with Crippen LogP contribution in [-0.4, -0.2) is 16.3 Å². The zero-order chi connectivity index (χ0) is 13.2. The molecule has 0 aliphatic heterocycles. The van der Waals surface area contributed by atoms with Crippen LogP contribution in [0.15, 0.2) is 17.0 Å². The van der Waals surface area contributed by atoms with Crippen LogP contribution in [0.2, 0.25) is 15.1 Å². The zero-order valence-corrected chi connectivity index (χ0v) is 12.3. The van der Waals surface area contributed by atoms with Crippen molar-refractivity contribution in [1.29, 1.82) is 0 Å². The summed E-state index contributed by atoms with van der Waals surface area (Å²) in [5.41, 5.74) is 0. The van der Waals surface area contributed by atoms with Crippen molar-refractivity contribution < 1.29 is 9.90 Å². The normalized spacial score (nSPS) is 12.8. The SMILES string of the molecule is CC(C)[C@H](Sc1cc(Cl)c(Cl)cc1Cl)C(=O)O. The fourth-order valence-corrected chi connectivity index (χ4v) is 2.95. The number of benzene rings is 1. The highest BCUT2D eigenvalue weighted by Crippen LogP contribution is 2.38. The van der Waals surface area contributed by atoms with Crippen molar-refractivity contribution >= 4 is 52.5 Å². The summed E-state index contributed by atoms with van der Waals surface area (Å²) in [5.74, 6) is -0.879. The molecule has 6 heteroatoms. The molecule has 0 amide bonds. The van der Waals surface area contributed by atoms with Gasteiger partial charge in [-0.3, -0.25) is 4.79 Å². The topological polar surface area (TPSA) is 37.3 Å². The Kier molecular flexibility index (Phi) is 5.45. The predicted octanol–water partition coefficient (Wildman–Crippen LogP) is 4.85. The van der Waals surface area contributed by atoms with Gasteiger partial charge < -0.3 is 5.11 Å². The van der Waals surface area contributed by atoms with Crippen LogP contribution in [0.25, 0.3) is 0 Å². The monoisotopic (exact) mass is 312 g/mol. The largest absolute Gasteiger partial charge is 0.480 e. The van der Waals surface area contributed by atoms with Crippen LogP contribution in [0, 0.1) is 5.92 Å². The van der Waals surface area contributed by atoms with E-state index < -0.39 is 11.2 Å². The highest BCUT2D eigenvalue weighted by Gasteiger charge is 2.24.